The van der Waals surface area contributed by atoms with Crippen LogP contribution in [0.3, 0.4) is 0 Å². The van der Waals surface area contributed by atoms with E-state index in [1.54, 1.807) is 0 Å². The number of nitrogens with zero attached hydrogens (tertiary/aromatic N) is 1. The van der Waals surface area contributed by atoms with Crippen LogP contribution < -0.4 is 10.5 Å². The molecule has 1 aromatic rings. The van der Waals surface area contributed by atoms with E-state index in [0.717, 1.165) is 23.1 Å². The third kappa shape index (κ3) is 3.53. The first kappa shape index (κ1) is 15.3. The number of carbonyl (C=O) groups is 1. The Morgan fingerprint density at radius 1 is 1.33 bits per heavy atom. The lowest BCUT2D eigenvalue weighted by Crippen LogP contribution is -2.32. The Hall–Kier alpha value is -2.06. The lowest BCUT2D eigenvalue weighted by molar-refractivity contribution is -0.274. The average Bonchev–Trinajstić information content (AvgIpc) is 2.70. The SMILES string of the molecule is Nc1c(OC(F)(F)F)cccc1C(=O)N1CCC(F)(F)C1. The first-order valence-corrected chi connectivity index (χ1v) is 5.90. The van der Waals surface area contributed by atoms with E-state index >= 15 is 0 Å². The molecule has 0 aliphatic carbocycles. The minimum Gasteiger partial charge on any atom is -0.404 e. The molecule has 1 saturated heterocycles. The average molecular weight is 310 g/mol. The Morgan fingerprint density at radius 2 is 2.00 bits per heavy atom. The van der Waals surface area contributed by atoms with Crippen LogP contribution in [0.4, 0.5) is 27.6 Å². The fourth-order valence-corrected chi connectivity index (χ4v) is 2.02. The molecule has 4 nitrogen and oxygen atoms in total. The van der Waals surface area contributed by atoms with E-state index < -0.39 is 42.6 Å². The second-order valence-electron chi connectivity index (χ2n) is 4.60. The molecule has 0 bridgehead atoms. The van der Waals surface area contributed by atoms with Crippen molar-refractivity contribution < 1.29 is 31.5 Å². The molecule has 2 rings (SSSR count). The highest BCUT2D eigenvalue weighted by atomic mass is 19.4. The molecular formula is C12H11F5N2O2. The molecule has 1 aliphatic rings. The van der Waals surface area contributed by atoms with Gasteiger partial charge in [0.15, 0.2) is 5.75 Å². The zero-order valence-corrected chi connectivity index (χ0v) is 10.6. The largest absolute Gasteiger partial charge is 0.573 e. The fraction of sp³-hybridized carbons (Fsp3) is 0.417. The van der Waals surface area contributed by atoms with E-state index in [4.69, 9.17) is 5.73 Å². The number of amides is 1. The van der Waals surface area contributed by atoms with Gasteiger partial charge in [-0.3, -0.25) is 4.79 Å². The number of hydrogen-bond acceptors (Lipinski definition) is 3. The van der Waals surface area contributed by atoms with Gasteiger partial charge >= 0.3 is 6.36 Å². The third-order valence-electron chi connectivity index (χ3n) is 2.98. The van der Waals surface area contributed by atoms with Gasteiger partial charge in [-0.1, -0.05) is 6.07 Å². The summed E-state index contributed by atoms with van der Waals surface area (Å²) in [6.45, 7) is -0.967. The third-order valence-corrected chi connectivity index (χ3v) is 2.98. The number of benzene rings is 1. The molecule has 0 radical (unpaired) electrons. The van der Waals surface area contributed by atoms with E-state index in [0.29, 0.717) is 0 Å². The molecule has 0 spiro atoms. The van der Waals surface area contributed by atoms with Crippen molar-refractivity contribution >= 4 is 11.6 Å². The van der Waals surface area contributed by atoms with Gasteiger partial charge in [-0.2, -0.15) is 0 Å². The van der Waals surface area contributed by atoms with Crippen LogP contribution in [0.15, 0.2) is 18.2 Å². The molecule has 2 N–H and O–H groups in total. The number of alkyl halides is 5. The molecule has 9 heteroatoms. The minimum atomic E-state index is -4.96. The van der Waals surface area contributed by atoms with Gasteiger partial charge < -0.3 is 15.4 Å². The molecule has 21 heavy (non-hydrogen) atoms. The van der Waals surface area contributed by atoms with E-state index in [1.165, 1.54) is 0 Å². The van der Waals surface area contributed by atoms with Crippen LogP contribution in [0.1, 0.15) is 16.8 Å². The Balaban J connectivity index is 2.24. The van der Waals surface area contributed by atoms with Crippen LogP contribution in [-0.2, 0) is 0 Å². The maximum atomic E-state index is 13.1. The number of nitrogens with two attached hydrogens (primary N) is 1. The molecule has 0 atom stereocenters. The topological polar surface area (TPSA) is 55.6 Å². The summed E-state index contributed by atoms with van der Waals surface area (Å²) >= 11 is 0. The number of carbonyl (C=O) groups excluding carboxylic acids is 1. The molecule has 0 aromatic heterocycles. The van der Waals surface area contributed by atoms with Crippen molar-refractivity contribution in [1.29, 1.82) is 0 Å². The summed E-state index contributed by atoms with van der Waals surface area (Å²) in [5, 5.41) is 0. The lowest BCUT2D eigenvalue weighted by Gasteiger charge is -2.18. The number of anilines is 1. The molecule has 1 aromatic carbocycles. The maximum Gasteiger partial charge on any atom is 0.573 e. The second kappa shape index (κ2) is 5.05. The molecule has 1 aliphatic heterocycles. The van der Waals surface area contributed by atoms with Gasteiger partial charge in [-0.15, -0.1) is 13.2 Å². The Kier molecular flexibility index (Phi) is 3.68. The number of halogens is 5. The Labute approximate surface area is 116 Å². The maximum absolute atomic E-state index is 13.1. The van der Waals surface area contributed by atoms with Gasteiger partial charge in [0.1, 0.15) is 0 Å². The molecule has 0 saturated carbocycles. The summed E-state index contributed by atoms with van der Waals surface area (Å²) in [5.74, 6) is -4.58. The monoisotopic (exact) mass is 310 g/mol. The van der Waals surface area contributed by atoms with Crippen LogP contribution >= 0.6 is 0 Å². The molecular weight excluding hydrogens is 299 g/mol. The summed E-state index contributed by atoms with van der Waals surface area (Å²) in [6.07, 6.45) is -5.45. The number of rotatable bonds is 2. The van der Waals surface area contributed by atoms with Crippen LogP contribution in [-0.4, -0.2) is 36.2 Å². The highest BCUT2D eigenvalue weighted by molar-refractivity contribution is 6.00. The van der Waals surface area contributed by atoms with Gasteiger partial charge in [0.05, 0.1) is 17.8 Å². The molecule has 0 unspecified atom stereocenters. The number of hydrogen-bond donors (Lipinski definition) is 1. The Bertz CT molecular complexity index is 559. The standard InChI is InChI=1S/C12H11F5N2O2/c13-11(14)4-5-19(6-11)10(20)7-2-1-3-8(9(7)18)21-12(15,16)17/h1-3H,4-6,18H2. The van der Waals surface area contributed by atoms with Gasteiger partial charge in [0, 0.05) is 13.0 Å². The summed E-state index contributed by atoms with van der Waals surface area (Å²) < 4.78 is 66.4. The van der Waals surface area contributed by atoms with Crippen LogP contribution in [0.5, 0.6) is 5.75 Å². The van der Waals surface area contributed by atoms with E-state index in [-0.39, 0.29) is 12.1 Å². The summed E-state index contributed by atoms with van der Waals surface area (Å²) in [4.78, 5) is 12.9. The smallest absolute Gasteiger partial charge is 0.404 e. The number of para-hydroxylation sites is 1. The van der Waals surface area contributed by atoms with Gasteiger partial charge in [0.2, 0.25) is 0 Å². The van der Waals surface area contributed by atoms with E-state index in [1.807, 2.05) is 0 Å². The predicted molar refractivity (Wildman–Crippen MR) is 63.0 cm³/mol. The minimum absolute atomic E-state index is 0.185. The first-order valence-electron chi connectivity index (χ1n) is 5.90. The molecule has 116 valence electrons. The summed E-state index contributed by atoms with van der Waals surface area (Å²) in [7, 11) is 0. The quantitative estimate of drug-likeness (QED) is 0.675. The highest BCUT2D eigenvalue weighted by Crippen LogP contribution is 2.33. The fourth-order valence-electron chi connectivity index (χ4n) is 2.02. The van der Waals surface area contributed by atoms with Crippen LogP contribution in [0.2, 0.25) is 0 Å². The normalized spacial score (nSPS) is 17.9. The van der Waals surface area contributed by atoms with Crippen molar-refractivity contribution in [2.75, 3.05) is 18.8 Å². The van der Waals surface area contributed by atoms with Crippen molar-refractivity contribution in [2.24, 2.45) is 0 Å². The predicted octanol–water partition coefficient (Wildman–Crippen LogP) is 2.65. The highest BCUT2D eigenvalue weighted by Gasteiger charge is 2.41. The van der Waals surface area contributed by atoms with Gasteiger partial charge in [-0.25, -0.2) is 8.78 Å². The van der Waals surface area contributed by atoms with Crippen LogP contribution in [0, 0.1) is 0 Å². The zero-order valence-electron chi connectivity index (χ0n) is 10.6. The zero-order chi connectivity index (χ0) is 15.8. The van der Waals surface area contributed by atoms with Crippen LogP contribution in [0.25, 0.3) is 0 Å². The van der Waals surface area contributed by atoms with Crippen molar-refractivity contribution in [3.63, 3.8) is 0 Å². The van der Waals surface area contributed by atoms with E-state index in [2.05, 4.69) is 4.74 Å². The molecule has 1 heterocycles. The number of ether oxygens (including phenoxy) is 1. The van der Waals surface area contributed by atoms with Crippen molar-refractivity contribution in [1.82, 2.24) is 4.90 Å². The van der Waals surface area contributed by atoms with Crippen molar-refractivity contribution in [3.05, 3.63) is 23.8 Å². The number of likely N-dealkylation sites (tertiary alicyclic amines) is 1. The van der Waals surface area contributed by atoms with Gasteiger partial charge in [-0.05, 0) is 12.1 Å². The van der Waals surface area contributed by atoms with E-state index in [9.17, 15) is 26.7 Å². The van der Waals surface area contributed by atoms with Crippen molar-refractivity contribution in [2.45, 2.75) is 18.7 Å². The van der Waals surface area contributed by atoms with Gasteiger partial charge in [0.25, 0.3) is 11.8 Å². The first-order chi connectivity index (χ1) is 9.59. The lowest BCUT2D eigenvalue weighted by atomic mass is 10.1. The second-order valence-corrected chi connectivity index (χ2v) is 4.60. The molecule has 1 fully saturated rings. The number of nitrogen functional groups attached to an aromatic ring is 1. The van der Waals surface area contributed by atoms with Crippen molar-refractivity contribution in [3.8, 4) is 5.75 Å². The summed E-state index contributed by atoms with van der Waals surface area (Å²) in [6, 6.07) is 3.24. The Morgan fingerprint density at radius 3 is 2.52 bits per heavy atom. The molecule has 1 amide bonds. The summed E-state index contributed by atoms with van der Waals surface area (Å²) in [5.41, 5.74) is 4.64.